The van der Waals surface area contributed by atoms with Gasteiger partial charge in [-0.15, -0.1) is 0 Å². The largest absolute Gasteiger partial charge is 0.446 e. The van der Waals surface area contributed by atoms with Crippen molar-refractivity contribution in [3.63, 3.8) is 0 Å². The molecule has 0 saturated carbocycles. The van der Waals surface area contributed by atoms with Crippen LogP contribution in [0.1, 0.15) is 5.56 Å². The summed E-state index contributed by atoms with van der Waals surface area (Å²) in [5.41, 5.74) is -2.19. The van der Waals surface area contributed by atoms with E-state index in [1.54, 1.807) is 12.1 Å². The fourth-order valence-corrected chi connectivity index (χ4v) is 3.14. The van der Waals surface area contributed by atoms with Gasteiger partial charge in [0, 0.05) is 16.8 Å². The van der Waals surface area contributed by atoms with Crippen LogP contribution in [-0.4, -0.2) is 15.6 Å². The first-order valence-corrected chi connectivity index (χ1v) is 8.53. The number of hydrogen-bond acceptors (Lipinski definition) is 5. The Balaban J connectivity index is 1.52. The van der Waals surface area contributed by atoms with Gasteiger partial charge in [0.2, 0.25) is 0 Å². The molecular weight excluding hydrogens is 363 g/mol. The van der Waals surface area contributed by atoms with Gasteiger partial charge in [-0.2, -0.15) is 13.2 Å². The molecule has 0 amide bonds. The lowest BCUT2D eigenvalue weighted by atomic mass is 10.2. The van der Waals surface area contributed by atoms with E-state index in [0.717, 1.165) is 21.9 Å². The van der Waals surface area contributed by atoms with Crippen LogP contribution in [0.5, 0.6) is 0 Å². The van der Waals surface area contributed by atoms with Crippen molar-refractivity contribution in [1.29, 1.82) is 0 Å². The van der Waals surface area contributed by atoms with Crippen LogP contribution in [0.15, 0.2) is 64.0 Å². The van der Waals surface area contributed by atoms with Crippen LogP contribution in [0, 0.1) is 0 Å². The van der Waals surface area contributed by atoms with Crippen molar-refractivity contribution in [2.45, 2.75) is 16.9 Å². The van der Waals surface area contributed by atoms with E-state index in [2.05, 4.69) is 15.5 Å². The van der Waals surface area contributed by atoms with Crippen molar-refractivity contribution in [3.8, 4) is 0 Å². The molecule has 26 heavy (non-hydrogen) atoms. The number of alkyl halides is 3. The molecule has 0 aliphatic rings. The second-order valence-corrected chi connectivity index (χ2v) is 6.75. The lowest BCUT2D eigenvalue weighted by molar-refractivity contribution is -0.0328. The molecule has 2 aromatic heterocycles. The molecule has 4 rings (SSSR count). The number of pyridine rings is 1. The number of halogens is 3. The Morgan fingerprint density at radius 2 is 1.81 bits per heavy atom. The smallest absolute Gasteiger partial charge is 0.363 e. The van der Waals surface area contributed by atoms with Crippen LogP contribution >= 0.6 is 11.8 Å². The van der Waals surface area contributed by atoms with Crippen molar-refractivity contribution >= 4 is 39.6 Å². The first-order chi connectivity index (χ1) is 12.5. The van der Waals surface area contributed by atoms with Gasteiger partial charge < -0.3 is 9.84 Å². The number of aromatic nitrogens is 2. The fraction of sp³-hybridized carbons (Fsp3) is 0.111. The summed E-state index contributed by atoms with van der Waals surface area (Å²) >= 11 is -0.128. The van der Waals surface area contributed by atoms with Crippen molar-refractivity contribution in [2.24, 2.45) is 0 Å². The first kappa shape index (κ1) is 16.7. The highest BCUT2D eigenvalue weighted by Gasteiger charge is 2.28. The summed E-state index contributed by atoms with van der Waals surface area (Å²) in [4.78, 5) is 4.58. The average molecular weight is 375 g/mol. The second kappa shape index (κ2) is 6.53. The fourth-order valence-electron chi connectivity index (χ4n) is 2.60. The van der Waals surface area contributed by atoms with Crippen LogP contribution in [0.3, 0.4) is 0 Å². The Hall–Kier alpha value is -2.74. The van der Waals surface area contributed by atoms with E-state index >= 15 is 0 Å². The SMILES string of the molecule is FC(F)(F)Sc1ccc(CNc2noc3nc4ccccc4cc23)cc1. The third-order valence-electron chi connectivity index (χ3n) is 3.78. The van der Waals surface area contributed by atoms with E-state index in [9.17, 15) is 13.2 Å². The number of rotatable bonds is 4. The first-order valence-electron chi connectivity index (χ1n) is 7.72. The molecule has 132 valence electrons. The lowest BCUT2D eigenvalue weighted by Crippen LogP contribution is -2.01. The molecule has 0 radical (unpaired) electrons. The number of nitrogens with one attached hydrogen (secondary N) is 1. The Kier molecular flexibility index (Phi) is 4.20. The van der Waals surface area contributed by atoms with E-state index in [0.29, 0.717) is 18.1 Å². The minimum absolute atomic E-state index is 0.128. The van der Waals surface area contributed by atoms with E-state index in [4.69, 9.17) is 4.52 Å². The average Bonchev–Trinajstić information content (AvgIpc) is 3.00. The molecule has 0 fully saturated rings. The van der Waals surface area contributed by atoms with E-state index in [1.165, 1.54) is 12.1 Å². The van der Waals surface area contributed by atoms with Gasteiger partial charge >= 0.3 is 5.51 Å². The number of thioether (sulfide) groups is 1. The van der Waals surface area contributed by atoms with Crippen molar-refractivity contribution in [1.82, 2.24) is 10.1 Å². The zero-order valence-electron chi connectivity index (χ0n) is 13.2. The summed E-state index contributed by atoms with van der Waals surface area (Å²) in [6, 6.07) is 15.8. The third kappa shape index (κ3) is 3.60. The number of fused-ring (bicyclic) bond motifs is 2. The molecule has 0 unspecified atom stereocenters. The normalized spacial score (nSPS) is 12.0. The Morgan fingerprint density at radius 3 is 2.58 bits per heavy atom. The summed E-state index contributed by atoms with van der Waals surface area (Å²) in [5.74, 6) is 0.548. The van der Waals surface area contributed by atoms with E-state index in [-0.39, 0.29) is 16.7 Å². The summed E-state index contributed by atoms with van der Waals surface area (Å²) < 4.78 is 42.4. The Labute approximate surface area is 150 Å². The van der Waals surface area contributed by atoms with Gasteiger partial charge in [0.1, 0.15) is 0 Å². The van der Waals surface area contributed by atoms with E-state index in [1.807, 2.05) is 30.3 Å². The summed E-state index contributed by atoms with van der Waals surface area (Å²) in [7, 11) is 0. The highest BCUT2D eigenvalue weighted by molar-refractivity contribution is 8.00. The minimum atomic E-state index is -4.28. The van der Waals surface area contributed by atoms with E-state index < -0.39 is 5.51 Å². The highest BCUT2D eigenvalue weighted by atomic mass is 32.2. The molecule has 4 nitrogen and oxygen atoms in total. The number of nitrogens with zero attached hydrogens (tertiary/aromatic N) is 2. The molecule has 1 N–H and O–H groups in total. The van der Waals surface area contributed by atoms with Crippen LogP contribution in [0.25, 0.3) is 22.0 Å². The van der Waals surface area contributed by atoms with Gasteiger partial charge in [0.25, 0.3) is 5.71 Å². The van der Waals surface area contributed by atoms with Crippen molar-refractivity contribution in [3.05, 3.63) is 60.2 Å². The van der Waals surface area contributed by atoms with Gasteiger partial charge in [0.15, 0.2) is 5.82 Å². The molecule has 2 heterocycles. The van der Waals surface area contributed by atoms with Crippen LogP contribution in [0.2, 0.25) is 0 Å². The Morgan fingerprint density at radius 1 is 1.04 bits per heavy atom. The summed E-state index contributed by atoms with van der Waals surface area (Å²) in [6.45, 7) is 0.408. The Bertz CT molecular complexity index is 1060. The molecule has 0 spiro atoms. The molecule has 0 bridgehead atoms. The second-order valence-electron chi connectivity index (χ2n) is 5.61. The van der Waals surface area contributed by atoms with Crippen LogP contribution < -0.4 is 5.32 Å². The van der Waals surface area contributed by atoms with Gasteiger partial charge in [0.05, 0.1) is 10.9 Å². The zero-order chi connectivity index (χ0) is 18.1. The van der Waals surface area contributed by atoms with Gasteiger partial charge in [-0.05, 0) is 41.6 Å². The maximum Gasteiger partial charge on any atom is 0.446 e. The predicted octanol–water partition coefficient (Wildman–Crippen LogP) is 5.60. The van der Waals surface area contributed by atoms with Crippen LogP contribution in [-0.2, 0) is 6.54 Å². The third-order valence-corrected chi connectivity index (χ3v) is 4.52. The lowest BCUT2D eigenvalue weighted by Gasteiger charge is -2.07. The molecule has 4 aromatic rings. The molecule has 0 aliphatic carbocycles. The molecule has 0 aliphatic heterocycles. The maximum atomic E-state index is 12.4. The predicted molar refractivity (Wildman–Crippen MR) is 95.0 cm³/mol. The van der Waals surface area contributed by atoms with Crippen molar-refractivity contribution in [2.75, 3.05) is 5.32 Å². The summed E-state index contributed by atoms with van der Waals surface area (Å²) in [6.07, 6.45) is 0. The standard InChI is InChI=1S/C18H12F3N3OS/c19-18(20,21)26-13-7-5-11(6-8-13)10-22-16-14-9-12-3-1-2-4-15(12)23-17(14)25-24-16/h1-9H,10H2,(H,22,24). The number of anilines is 1. The van der Waals surface area contributed by atoms with Gasteiger partial charge in [-0.25, -0.2) is 4.98 Å². The quantitative estimate of drug-likeness (QED) is 0.471. The number of hydrogen-bond donors (Lipinski definition) is 1. The molecule has 2 aromatic carbocycles. The summed E-state index contributed by atoms with van der Waals surface area (Å²) in [5, 5.41) is 8.87. The van der Waals surface area contributed by atoms with Crippen LogP contribution in [0.4, 0.5) is 19.0 Å². The topological polar surface area (TPSA) is 51.0 Å². The molecular formula is C18H12F3N3OS. The van der Waals surface area contributed by atoms with Gasteiger partial charge in [-0.1, -0.05) is 35.5 Å². The monoisotopic (exact) mass is 375 g/mol. The number of benzene rings is 2. The maximum absolute atomic E-state index is 12.4. The highest BCUT2D eigenvalue weighted by Crippen LogP contribution is 2.36. The van der Waals surface area contributed by atoms with Crippen molar-refractivity contribution < 1.29 is 17.7 Å². The van der Waals surface area contributed by atoms with Gasteiger partial charge in [-0.3, -0.25) is 0 Å². The minimum Gasteiger partial charge on any atom is -0.363 e. The molecule has 0 atom stereocenters. The number of para-hydroxylation sites is 1. The molecule has 8 heteroatoms. The molecule has 0 saturated heterocycles. The zero-order valence-corrected chi connectivity index (χ0v) is 14.1.